The Labute approximate surface area is 179 Å². The number of amides is 1. The van der Waals surface area contributed by atoms with Gasteiger partial charge in [0.25, 0.3) is 0 Å². The Morgan fingerprint density at radius 1 is 1.13 bits per heavy atom. The lowest BCUT2D eigenvalue weighted by Crippen LogP contribution is -2.52. The molecule has 0 aliphatic heterocycles. The van der Waals surface area contributed by atoms with E-state index in [-0.39, 0.29) is 18.6 Å². The van der Waals surface area contributed by atoms with Crippen molar-refractivity contribution < 1.29 is 22.7 Å². The molecule has 2 aromatic carbocycles. The van der Waals surface area contributed by atoms with E-state index in [2.05, 4.69) is 5.32 Å². The molecule has 0 aliphatic carbocycles. The summed E-state index contributed by atoms with van der Waals surface area (Å²) in [5.41, 5.74) is 1.41. The van der Waals surface area contributed by atoms with E-state index in [1.54, 1.807) is 31.2 Å². The minimum Gasteiger partial charge on any atom is -0.497 e. The summed E-state index contributed by atoms with van der Waals surface area (Å²) in [7, 11) is -2.16. The number of carbonyl (C=O) groups excluding carboxylic acids is 1. The number of sulfonamides is 1. The summed E-state index contributed by atoms with van der Waals surface area (Å²) in [6.45, 7) is 5.82. The molecule has 0 heterocycles. The quantitative estimate of drug-likeness (QED) is 0.621. The SMILES string of the molecule is CC[C@@H](C(=O)N[C@H](C)COc1ccccc1C)N(c1ccc(OC)cc1)S(C)(=O)=O. The normalized spacial score (nSPS) is 13.2. The van der Waals surface area contributed by atoms with Gasteiger partial charge >= 0.3 is 0 Å². The van der Waals surface area contributed by atoms with Crippen LogP contribution in [-0.2, 0) is 14.8 Å². The number of nitrogens with one attached hydrogen (secondary N) is 1. The first kappa shape index (κ1) is 23.5. The maximum atomic E-state index is 13.0. The Kier molecular flexibility index (Phi) is 8.11. The number of hydrogen-bond donors (Lipinski definition) is 1. The number of anilines is 1. The van der Waals surface area contributed by atoms with Crippen molar-refractivity contribution in [1.29, 1.82) is 0 Å². The molecular formula is C22H30N2O5S. The van der Waals surface area contributed by atoms with Crippen molar-refractivity contribution in [2.75, 3.05) is 24.3 Å². The van der Waals surface area contributed by atoms with Crippen LogP contribution in [0, 0.1) is 6.92 Å². The number of rotatable bonds is 10. The number of nitrogens with zero attached hydrogens (tertiary/aromatic N) is 1. The molecule has 1 amide bonds. The molecule has 0 spiro atoms. The third-order valence-electron chi connectivity index (χ3n) is 4.63. The molecule has 7 nitrogen and oxygen atoms in total. The summed E-state index contributed by atoms with van der Waals surface area (Å²) >= 11 is 0. The van der Waals surface area contributed by atoms with Crippen LogP contribution < -0.4 is 19.1 Å². The highest BCUT2D eigenvalue weighted by atomic mass is 32.2. The van der Waals surface area contributed by atoms with Gasteiger partial charge in [-0.1, -0.05) is 25.1 Å². The molecule has 164 valence electrons. The van der Waals surface area contributed by atoms with Crippen molar-refractivity contribution in [3.63, 3.8) is 0 Å². The Hall–Kier alpha value is -2.74. The molecule has 0 aromatic heterocycles. The molecule has 2 aromatic rings. The van der Waals surface area contributed by atoms with Gasteiger partial charge in [0.15, 0.2) is 0 Å². The minimum atomic E-state index is -3.69. The van der Waals surface area contributed by atoms with E-state index in [0.717, 1.165) is 21.9 Å². The van der Waals surface area contributed by atoms with Crippen molar-refractivity contribution >= 4 is 21.6 Å². The molecule has 0 fully saturated rings. The number of carbonyl (C=O) groups is 1. The van der Waals surface area contributed by atoms with Gasteiger partial charge in [-0.15, -0.1) is 0 Å². The van der Waals surface area contributed by atoms with Crippen LogP contribution in [0.2, 0.25) is 0 Å². The smallest absolute Gasteiger partial charge is 0.244 e. The molecular weight excluding hydrogens is 404 g/mol. The fourth-order valence-corrected chi connectivity index (χ4v) is 4.32. The van der Waals surface area contributed by atoms with E-state index in [1.165, 1.54) is 7.11 Å². The Morgan fingerprint density at radius 2 is 1.77 bits per heavy atom. The van der Waals surface area contributed by atoms with Crippen LogP contribution >= 0.6 is 0 Å². The first-order valence-electron chi connectivity index (χ1n) is 9.79. The van der Waals surface area contributed by atoms with Gasteiger partial charge in [0, 0.05) is 0 Å². The molecule has 8 heteroatoms. The highest BCUT2D eigenvalue weighted by molar-refractivity contribution is 7.92. The molecule has 1 N–H and O–H groups in total. The van der Waals surface area contributed by atoms with Crippen LogP contribution in [0.4, 0.5) is 5.69 Å². The molecule has 0 saturated carbocycles. The van der Waals surface area contributed by atoms with E-state index in [0.29, 0.717) is 17.9 Å². The first-order chi connectivity index (χ1) is 14.2. The number of benzene rings is 2. The lowest BCUT2D eigenvalue weighted by atomic mass is 10.1. The summed E-state index contributed by atoms with van der Waals surface area (Å²) in [4.78, 5) is 13.0. The highest BCUT2D eigenvalue weighted by Crippen LogP contribution is 2.25. The van der Waals surface area contributed by atoms with Crippen LogP contribution in [0.1, 0.15) is 25.8 Å². The first-order valence-corrected chi connectivity index (χ1v) is 11.6. The summed E-state index contributed by atoms with van der Waals surface area (Å²) in [6.07, 6.45) is 1.41. The van der Waals surface area contributed by atoms with E-state index in [1.807, 2.05) is 38.1 Å². The molecule has 0 aliphatic rings. The van der Waals surface area contributed by atoms with E-state index in [9.17, 15) is 13.2 Å². The predicted molar refractivity (Wildman–Crippen MR) is 119 cm³/mol. The second-order valence-corrected chi connectivity index (χ2v) is 9.03. The average molecular weight is 435 g/mol. The molecule has 0 saturated heterocycles. The molecule has 0 radical (unpaired) electrons. The van der Waals surface area contributed by atoms with Crippen LogP contribution in [0.15, 0.2) is 48.5 Å². The monoisotopic (exact) mass is 434 g/mol. The Balaban J connectivity index is 2.13. The van der Waals surface area contributed by atoms with Gasteiger partial charge in [0.1, 0.15) is 24.1 Å². The van der Waals surface area contributed by atoms with Crippen LogP contribution in [0.3, 0.4) is 0 Å². The largest absolute Gasteiger partial charge is 0.497 e. The summed E-state index contributed by atoms with van der Waals surface area (Å²) in [5, 5.41) is 2.87. The number of ether oxygens (including phenoxy) is 2. The van der Waals surface area contributed by atoms with Gasteiger partial charge in [-0.05, 0) is 56.2 Å². The topological polar surface area (TPSA) is 84.9 Å². The fraction of sp³-hybridized carbons (Fsp3) is 0.409. The number of aryl methyl sites for hydroxylation is 1. The third-order valence-corrected chi connectivity index (χ3v) is 5.81. The van der Waals surface area contributed by atoms with E-state index < -0.39 is 16.1 Å². The lowest BCUT2D eigenvalue weighted by Gasteiger charge is -2.31. The standard InChI is InChI=1S/C22H30N2O5S/c1-6-20(24(30(5,26)27)18-11-13-19(28-4)14-12-18)22(25)23-17(3)15-29-21-10-8-7-9-16(21)2/h7-14,17,20H,6,15H2,1-5H3,(H,23,25)/t17-,20+/m1/s1. The van der Waals surface area contributed by atoms with Crippen molar-refractivity contribution in [1.82, 2.24) is 5.32 Å². The van der Waals surface area contributed by atoms with E-state index >= 15 is 0 Å². The molecule has 2 atom stereocenters. The Bertz CT molecular complexity index is 944. The lowest BCUT2D eigenvalue weighted by molar-refractivity contribution is -0.123. The van der Waals surface area contributed by atoms with Crippen LogP contribution in [-0.4, -0.2) is 46.4 Å². The van der Waals surface area contributed by atoms with Gasteiger partial charge in [-0.3, -0.25) is 9.10 Å². The maximum absolute atomic E-state index is 13.0. The van der Waals surface area contributed by atoms with Crippen molar-refractivity contribution in [3.8, 4) is 11.5 Å². The van der Waals surface area contributed by atoms with Gasteiger partial charge in [0.05, 0.1) is 25.1 Å². The predicted octanol–water partition coefficient (Wildman–Crippen LogP) is 3.13. The Morgan fingerprint density at radius 3 is 2.30 bits per heavy atom. The zero-order chi connectivity index (χ0) is 22.3. The van der Waals surface area contributed by atoms with Gasteiger partial charge < -0.3 is 14.8 Å². The van der Waals surface area contributed by atoms with Gasteiger partial charge in [0.2, 0.25) is 15.9 Å². The molecule has 2 rings (SSSR count). The van der Waals surface area contributed by atoms with E-state index in [4.69, 9.17) is 9.47 Å². The minimum absolute atomic E-state index is 0.272. The number of hydrogen-bond acceptors (Lipinski definition) is 5. The zero-order valence-electron chi connectivity index (χ0n) is 18.1. The molecule has 0 bridgehead atoms. The van der Waals surface area contributed by atoms with Crippen molar-refractivity contribution in [3.05, 3.63) is 54.1 Å². The van der Waals surface area contributed by atoms with Crippen molar-refractivity contribution in [2.24, 2.45) is 0 Å². The van der Waals surface area contributed by atoms with Crippen LogP contribution in [0.5, 0.6) is 11.5 Å². The average Bonchev–Trinajstić information content (AvgIpc) is 2.70. The zero-order valence-corrected chi connectivity index (χ0v) is 18.9. The van der Waals surface area contributed by atoms with Crippen molar-refractivity contribution in [2.45, 2.75) is 39.3 Å². The second-order valence-electron chi connectivity index (χ2n) is 7.17. The van der Waals surface area contributed by atoms with Gasteiger partial charge in [-0.2, -0.15) is 0 Å². The number of para-hydroxylation sites is 1. The third kappa shape index (κ3) is 6.13. The maximum Gasteiger partial charge on any atom is 0.244 e. The molecule has 30 heavy (non-hydrogen) atoms. The summed E-state index contributed by atoms with van der Waals surface area (Å²) in [6, 6.07) is 13.0. The summed E-state index contributed by atoms with van der Waals surface area (Å²) in [5.74, 6) is 0.980. The summed E-state index contributed by atoms with van der Waals surface area (Å²) < 4.78 is 37.1. The highest BCUT2D eigenvalue weighted by Gasteiger charge is 2.32. The second kappa shape index (κ2) is 10.3. The number of methoxy groups -OCH3 is 1. The molecule has 0 unspecified atom stereocenters. The van der Waals surface area contributed by atoms with Gasteiger partial charge in [-0.25, -0.2) is 8.42 Å². The van der Waals surface area contributed by atoms with Crippen LogP contribution in [0.25, 0.3) is 0 Å². The fourth-order valence-electron chi connectivity index (χ4n) is 3.10.